The van der Waals surface area contributed by atoms with Crippen LogP contribution in [0.25, 0.3) is 22.1 Å². The number of imidazole rings is 1. The van der Waals surface area contributed by atoms with Gasteiger partial charge in [0.05, 0.1) is 5.52 Å². The van der Waals surface area contributed by atoms with Gasteiger partial charge in [-0.3, -0.25) is 10.4 Å². The van der Waals surface area contributed by atoms with Crippen molar-refractivity contribution in [3.63, 3.8) is 0 Å². The quantitative estimate of drug-likeness (QED) is 0.383. The fourth-order valence-electron chi connectivity index (χ4n) is 2.62. The molecule has 0 aromatic carbocycles. The largest absolute Gasteiger partial charge is 0.382 e. The van der Waals surface area contributed by atoms with Crippen LogP contribution in [0, 0.1) is 5.41 Å². The minimum atomic E-state index is -0.0741. The normalized spacial score (nSPS) is 11.2. The maximum atomic E-state index is 7.29. The standard InChI is InChI=1S/C15H20N8O/c1-2-24-8-10-22-12-13(23(10)7-6-20-15(17)18)11-9(21-14(12)16)4-3-5-19-11/h3-5H,2,6-8H2,1H3,(H2,16,21)(H4,17,18,20). The third-order valence-electron chi connectivity index (χ3n) is 3.63. The highest BCUT2D eigenvalue weighted by atomic mass is 16.5. The number of nitrogens with two attached hydrogens (primary N) is 2. The second-order valence-electron chi connectivity index (χ2n) is 5.22. The van der Waals surface area contributed by atoms with Crippen molar-refractivity contribution in [3.05, 3.63) is 24.2 Å². The monoisotopic (exact) mass is 328 g/mol. The van der Waals surface area contributed by atoms with Gasteiger partial charge in [-0.25, -0.2) is 9.97 Å². The van der Waals surface area contributed by atoms with E-state index in [0.29, 0.717) is 43.2 Å². The van der Waals surface area contributed by atoms with E-state index in [0.717, 1.165) is 16.9 Å². The first-order valence-electron chi connectivity index (χ1n) is 7.66. The first-order chi connectivity index (χ1) is 11.6. The maximum absolute atomic E-state index is 7.29. The lowest BCUT2D eigenvalue weighted by Gasteiger charge is -2.11. The van der Waals surface area contributed by atoms with Gasteiger partial charge in [0.2, 0.25) is 0 Å². The van der Waals surface area contributed by atoms with Crippen LogP contribution >= 0.6 is 0 Å². The molecule has 0 atom stereocenters. The van der Waals surface area contributed by atoms with E-state index in [-0.39, 0.29) is 5.96 Å². The summed E-state index contributed by atoms with van der Waals surface area (Å²) >= 11 is 0. The summed E-state index contributed by atoms with van der Waals surface area (Å²) in [5, 5.41) is 10.1. The van der Waals surface area contributed by atoms with E-state index in [9.17, 15) is 0 Å². The molecule has 3 rings (SSSR count). The van der Waals surface area contributed by atoms with Crippen molar-refractivity contribution in [1.82, 2.24) is 24.8 Å². The summed E-state index contributed by atoms with van der Waals surface area (Å²) in [6, 6.07) is 3.69. The van der Waals surface area contributed by atoms with Crippen molar-refractivity contribution in [2.75, 3.05) is 18.9 Å². The van der Waals surface area contributed by atoms with Crippen LogP contribution in [-0.2, 0) is 17.9 Å². The molecule has 24 heavy (non-hydrogen) atoms. The van der Waals surface area contributed by atoms with Gasteiger partial charge in [-0.1, -0.05) is 0 Å². The fourth-order valence-corrected chi connectivity index (χ4v) is 2.62. The summed E-state index contributed by atoms with van der Waals surface area (Å²) < 4.78 is 7.51. The zero-order valence-electron chi connectivity index (χ0n) is 13.4. The molecule has 9 heteroatoms. The first-order valence-corrected chi connectivity index (χ1v) is 7.66. The lowest BCUT2D eigenvalue weighted by Crippen LogP contribution is -2.33. The van der Waals surface area contributed by atoms with Crippen molar-refractivity contribution in [2.24, 2.45) is 5.73 Å². The van der Waals surface area contributed by atoms with Crippen molar-refractivity contribution in [2.45, 2.75) is 20.1 Å². The number of nitrogen functional groups attached to an aromatic ring is 1. The Bertz CT molecular complexity index is 888. The topological polar surface area (TPSA) is 141 Å². The molecule has 0 aliphatic rings. The van der Waals surface area contributed by atoms with Gasteiger partial charge < -0.3 is 26.1 Å². The minimum absolute atomic E-state index is 0.0741. The van der Waals surface area contributed by atoms with Crippen LogP contribution in [0.1, 0.15) is 12.7 Å². The number of fused-ring (bicyclic) bond motifs is 3. The Morgan fingerprint density at radius 1 is 1.38 bits per heavy atom. The molecule has 126 valence electrons. The van der Waals surface area contributed by atoms with Crippen LogP contribution in [0.15, 0.2) is 18.3 Å². The third-order valence-corrected chi connectivity index (χ3v) is 3.63. The van der Waals surface area contributed by atoms with Gasteiger partial charge in [-0.15, -0.1) is 0 Å². The summed E-state index contributed by atoms with van der Waals surface area (Å²) in [6.07, 6.45) is 1.72. The SMILES string of the molecule is CCOCc1nc2c(N)nc3cccnc3c2n1CCNC(=N)N. The predicted molar refractivity (Wildman–Crippen MR) is 92.5 cm³/mol. The van der Waals surface area contributed by atoms with Gasteiger partial charge in [0.15, 0.2) is 11.8 Å². The van der Waals surface area contributed by atoms with Gasteiger partial charge >= 0.3 is 0 Å². The average molecular weight is 328 g/mol. The summed E-state index contributed by atoms with van der Waals surface area (Å²) in [5.41, 5.74) is 14.3. The summed E-state index contributed by atoms with van der Waals surface area (Å²) in [6.45, 7) is 3.90. The van der Waals surface area contributed by atoms with Crippen LogP contribution in [0.2, 0.25) is 0 Å². The number of ether oxygens (including phenoxy) is 1. The molecular formula is C15H20N8O. The molecule has 6 N–H and O–H groups in total. The van der Waals surface area contributed by atoms with E-state index >= 15 is 0 Å². The van der Waals surface area contributed by atoms with Gasteiger partial charge in [0.1, 0.15) is 29.0 Å². The molecule has 0 radical (unpaired) electrons. The van der Waals surface area contributed by atoms with Crippen molar-refractivity contribution in [1.29, 1.82) is 5.41 Å². The van der Waals surface area contributed by atoms with Crippen LogP contribution < -0.4 is 16.8 Å². The van der Waals surface area contributed by atoms with Crippen molar-refractivity contribution < 1.29 is 4.74 Å². The highest BCUT2D eigenvalue weighted by Gasteiger charge is 2.17. The number of hydrogen-bond acceptors (Lipinski definition) is 6. The van der Waals surface area contributed by atoms with Gasteiger partial charge in [-0.05, 0) is 19.1 Å². The number of pyridine rings is 2. The zero-order valence-corrected chi connectivity index (χ0v) is 13.4. The fraction of sp³-hybridized carbons (Fsp3) is 0.333. The molecule has 0 unspecified atom stereocenters. The van der Waals surface area contributed by atoms with E-state index < -0.39 is 0 Å². The number of nitrogens with zero attached hydrogens (tertiary/aromatic N) is 4. The van der Waals surface area contributed by atoms with E-state index in [1.165, 1.54) is 0 Å². The number of aromatic nitrogens is 4. The molecule has 0 saturated heterocycles. The van der Waals surface area contributed by atoms with E-state index in [1.54, 1.807) is 6.20 Å². The molecule has 0 fully saturated rings. The Labute approximate surface area is 138 Å². The van der Waals surface area contributed by atoms with Crippen LogP contribution in [0.4, 0.5) is 5.82 Å². The number of rotatable bonds is 6. The molecular weight excluding hydrogens is 308 g/mol. The highest BCUT2D eigenvalue weighted by Crippen LogP contribution is 2.27. The Hall–Kier alpha value is -2.94. The van der Waals surface area contributed by atoms with Gasteiger partial charge in [0.25, 0.3) is 0 Å². The zero-order chi connectivity index (χ0) is 17.1. The Balaban J connectivity index is 2.16. The Morgan fingerprint density at radius 3 is 2.96 bits per heavy atom. The second kappa shape index (κ2) is 6.67. The number of guanidine groups is 1. The summed E-state index contributed by atoms with van der Waals surface area (Å²) in [5.74, 6) is 1.03. The number of hydrogen-bond donors (Lipinski definition) is 4. The summed E-state index contributed by atoms with van der Waals surface area (Å²) in [7, 11) is 0. The molecule has 0 saturated carbocycles. The Kier molecular flexibility index (Phi) is 4.43. The molecule has 0 bridgehead atoms. The molecule has 0 aliphatic carbocycles. The van der Waals surface area contributed by atoms with Crippen LogP contribution in [0.3, 0.4) is 0 Å². The molecule has 0 aliphatic heterocycles. The third kappa shape index (κ3) is 2.93. The van der Waals surface area contributed by atoms with E-state index in [4.69, 9.17) is 21.6 Å². The van der Waals surface area contributed by atoms with Crippen LogP contribution in [0.5, 0.6) is 0 Å². The molecule has 0 amide bonds. The molecule has 3 aromatic rings. The lowest BCUT2D eigenvalue weighted by molar-refractivity contribution is 0.126. The van der Waals surface area contributed by atoms with Crippen LogP contribution in [-0.4, -0.2) is 38.6 Å². The number of nitrogens with one attached hydrogen (secondary N) is 2. The maximum Gasteiger partial charge on any atom is 0.185 e. The average Bonchev–Trinajstić information content (AvgIpc) is 2.92. The minimum Gasteiger partial charge on any atom is -0.382 e. The Morgan fingerprint density at radius 2 is 2.21 bits per heavy atom. The van der Waals surface area contributed by atoms with E-state index in [2.05, 4.69) is 20.3 Å². The van der Waals surface area contributed by atoms with Gasteiger partial charge in [-0.2, -0.15) is 0 Å². The highest BCUT2D eigenvalue weighted by molar-refractivity contribution is 6.04. The summed E-state index contributed by atoms with van der Waals surface area (Å²) in [4.78, 5) is 13.4. The molecule has 0 spiro atoms. The second-order valence-corrected chi connectivity index (χ2v) is 5.22. The van der Waals surface area contributed by atoms with Crippen molar-refractivity contribution >= 4 is 33.8 Å². The van der Waals surface area contributed by atoms with E-state index in [1.807, 2.05) is 23.6 Å². The van der Waals surface area contributed by atoms with Crippen molar-refractivity contribution in [3.8, 4) is 0 Å². The predicted octanol–water partition coefficient (Wildman–Crippen LogP) is 0.581. The number of anilines is 1. The first kappa shape index (κ1) is 15.9. The smallest absolute Gasteiger partial charge is 0.185 e. The molecule has 3 heterocycles. The molecule has 3 aromatic heterocycles. The lowest BCUT2D eigenvalue weighted by atomic mass is 10.2. The van der Waals surface area contributed by atoms with Gasteiger partial charge in [0, 0.05) is 25.9 Å². The molecule has 9 nitrogen and oxygen atoms in total.